The van der Waals surface area contributed by atoms with Gasteiger partial charge in [-0.05, 0) is 18.6 Å². The van der Waals surface area contributed by atoms with Crippen molar-refractivity contribution in [3.8, 4) is 5.75 Å². The van der Waals surface area contributed by atoms with Gasteiger partial charge in [-0.15, -0.1) is 0 Å². The second-order valence-corrected chi connectivity index (χ2v) is 5.81. The van der Waals surface area contributed by atoms with E-state index < -0.39 is 5.97 Å². The zero-order valence-electron chi connectivity index (χ0n) is 12.5. The predicted molar refractivity (Wildman–Crippen MR) is 75.5 cm³/mol. The van der Waals surface area contributed by atoms with Crippen molar-refractivity contribution in [1.29, 1.82) is 0 Å². The Morgan fingerprint density at radius 1 is 1.38 bits per heavy atom. The van der Waals surface area contributed by atoms with Crippen LogP contribution in [0.5, 0.6) is 5.75 Å². The highest BCUT2D eigenvalue weighted by atomic mass is 16.5. The molecule has 0 aliphatic rings. The van der Waals surface area contributed by atoms with Gasteiger partial charge in [0, 0.05) is 5.41 Å². The average Bonchev–Trinajstić information content (AvgIpc) is 2.85. The largest absolute Gasteiger partial charge is 0.484 e. The third-order valence-electron chi connectivity index (χ3n) is 2.90. The van der Waals surface area contributed by atoms with Crippen LogP contribution in [0.15, 0.2) is 22.7 Å². The fraction of sp³-hybridized carbons (Fsp3) is 0.400. The Morgan fingerprint density at radius 2 is 2.10 bits per heavy atom. The van der Waals surface area contributed by atoms with E-state index in [0.29, 0.717) is 17.5 Å². The number of carbonyl (C=O) groups is 1. The molecule has 6 nitrogen and oxygen atoms in total. The number of aromatic carboxylic acids is 1. The molecule has 2 aromatic rings. The maximum Gasteiger partial charge on any atom is 0.339 e. The Labute approximate surface area is 122 Å². The molecule has 0 saturated heterocycles. The molecule has 0 amide bonds. The van der Waals surface area contributed by atoms with Crippen LogP contribution in [0, 0.1) is 6.92 Å². The van der Waals surface area contributed by atoms with Crippen molar-refractivity contribution < 1.29 is 19.2 Å². The van der Waals surface area contributed by atoms with E-state index in [1.165, 1.54) is 6.07 Å². The van der Waals surface area contributed by atoms with Gasteiger partial charge in [0.25, 0.3) is 0 Å². The molecular formula is C15H18N2O4. The zero-order valence-corrected chi connectivity index (χ0v) is 12.5. The van der Waals surface area contributed by atoms with Crippen LogP contribution >= 0.6 is 0 Å². The van der Waals surface area contributed by atoms with E-state index in [4.69, 9.17) is 14.4 Å². The second kappa shape index (κ2) is 5.55. The molecule has 0 aliphatic carbocycles. The van der Waals surface area contributed by atoms with Gasteiger partial charge < -0.3 is 14.4 Å². The monoisotopic (exact) mass is 290 g/mol. The molecule has 0 saturated carbocycles. The molecule has 112 valence electrons. The molecule has 0 radical (unpaired) electrons. The lowest BCUT2D eigenvalue weighted by molar-refractivity contribution is 0.0691. The molecule has 2 rings (SSSR count). The Hall–Kier alpha value is -2.37. The standard InChI is InChI=1S/C15H18N2O4/c1-9-6-5-7-10(13(18)19)12(9)20-8-11-16-14(21-17-11)15(2,3)4/h5-7H,8H2,1-4H3,(H,18,19). The van der Waals surface area contributed by atoms with Crippen molar-refractivity contribution in [2.75, 3.05) is 0 Å². The molecule has 0 aliphatic heterocycles. The van der Waals surface area contributed by atoms with Gasteiger partial charge in [-0.1, -0.05) is 38.1 Å². The van der Waals surface area contributed by atoms with Crippen LogP contribution in [-0.4, -0.2) is 21.2 Å². The lowest BCUT2D eigenvalue weighted by atomic mass is 9.97. The Morgan fingerprint density at radius 3 is 2.67 bits per heavy atom. The van der Waals surface area contributed by atoms with Crippen LogP contribution in [0.25, 0.3) is 0 Å². The zero-order chi connectivity index (χ0) is 15.6. The molecule has 0 bridgehead atoms. The van der Waals surface area contributed by atoms with Crippen molar-refractivity contribution in [2.45, 2.75) is 39.7 Å². The summed E-state index contributed by atoms with van der Waals surface area (Å²) in [5.74, 6) is 0.202. The maximum absolute atomic E-state index is 11.2. The first-order chi connectivity index (χ1) is 9.79. The van der Waals surface area contributed by atoms with E-state index in [1.807, 2.05) is 20.8 Å². The minimum Gasteiger partial charge on any atom is -0.484 e. The van der Waals surface area contributed by atoms with E-state index in [9.17, 15) is 4.79 Å². The normalized spacial score (nSPS) is 11.4. The summed E-state index contributed by atoms with van der Waals surface area (Å²) in [4.78, 5) is 15.4. The van der Waals surface area contributed by atoms with Crippen LogP contribution in [0.3, 0.4) is 0 Å². The number of hydrogen-bond acceptors (Lipinski definition) is 5. The highest BCUT2D eigenvalue weighted by Gasteiger charge is 2.22. The number of carboxylic acid groups (broad SMARTS) is 1. The summed E-state index contributed by atoms with van der Waals surface area (Å²) < 4.78 is 10.7. The first-order valence-electron chi connectivity index (χ1n) is 6.58. The summed E-state index contributed by atoms with van der Waals surface area (Å²) in [6.07, 6.45) is 0. The number of aryl methyl sites for hydroxylation is 1. The minimum absolute atomic E-state index is 0.0602. The van der Waals surface area contributed by atoms with Gasteiger partial charge in [-0.2, -0.15) is 4.98 Å². The lowest BCUT2D eigenvalue weighted by Gasteiger charge is -2.11. The molecule has 1 aromatic heterocycles. The molecule has 6 heteroatoms. The van der Waals surface area contributed by atoms with E-state index >= 15 is 0 Å². The predicted octanol–water partition coefficient (Wildman–Crippen LogP) is 2.95. The Bertz CT molecular complexity index is 656. The van der Waals surface area contributed by atoms with Crippen LogP contribution in [0.1, 0.15) is 48.4 Å². The molecule has 1 aromatic carbocycles. The third kappa shape index (κ3) is 3.39. The number of carboxylic acids is 1. The minimum atomic E-state index is -1.03. The highest BCUT2D eigenvalue weighted by molar-refractivity contribution is 5.91. The quantitative estimate of drug-likeness (QED) is 0.931. The molecule has 0 spiro atoms. The van der Waals surface area contributed by atoms with Gasteiger partial charge in [0.2, 0.25) is 11.7 Å². The van der Waals surface area contributed by atoms with Crippen molar-refractivity contribution >= 4 is 5.97 Å². The third-order valence-corrected chi connectivity index (χ3v) is 2.90. The van der Waals surface area contributed by atoms with Crippen molar-refractivity contribution in [1.82, 2.24) is 10.1 Å². The maximum atomic E-state index is 11.2. The van der Waals surface area contributed by atoms with E-state index in [1.54, 1.807) is 19.1 Å². The van der Waals surface area contributed by atoms with E-state index in [-0.39, 0.29) is 17.6 Å². The number of benzene rings is 1. The number of hydrogen-bond donors (Lipinski definition) is 1. The van der Waals surface area contributed by atoms with Gasteiger partial charge >= 0.3 is 5.97 Å². The van der Waals surface area contributed by atoms with Gasteiger partial charge in [-0.25, -0.2) is 4.79 Å². The summed E-state index contributed by atoms with van der Waals surface area (Å²) in [6.45, 7) is 7.75. The molecule has 0 atom stereocenters. The summed E-state index contributed by atoms with van der Waals surface area (Å²) >= 11 is 0. The Balaban J connectivity index is 2.17. The number of rotatable bonds is 4. The summed E-state index contributed by atoms with van der Waals surface area (Å²) in [7, 11) is 0. The van der Waals surface area contributed by atoms with Crippen LogP contribution in [0.4, 0.5) is 0 Å². The fourth-order valence-electron chi connectivity index (χ4n) is 1.77. The molecule has 0 fully saturated rings. The number of nitrogens with zero attached hydrogens (tertiary/aromatic N) is 2. The smallest absolute Gasteiger partial charge is 0.339 e. The summed E-state index contributed by atoms with van der Waals surface area (Å²) in [5, 5.41) is 13.0. The van der Waals surface area contributed by atoms with Gasteiger partial charge in [0.15, 0.2) is 6.61 Å². The second-order valence-electron chi connectivity index (χ2n) is 5.81. The SMILES string of the molecule is Cc1cccc(C(=O)O)c1OCc1noc(C(C)(C)C)n1. The lowest BCUT2D eigenvalue weighted by Crippen LogP contribution is -2.12. The Kier molecular flexibility index (Phi) is 3.97. The van der Waals surface area contributed by atoms with Crippen LogP contribution in [0.2, 0.25) is 0 Å². The van der Waals surface area contributed by atoms with Gasteiger partial charge in [0.1, 0.15) is 11.3 Å². The van der Waals surface area contributed by atoms with Crippen LogP contribution < -0.4 is 4.74 Å². The first kappa shape index (κ1) is 15.0. The van der Waals surface area contributed by atoms with Gasteiger partial charge in [-0.3, -0.25) is 0 Å². The first-order valence-corrected chi connectivity index (χ1v) is 6.58. The average molecular weight is 290 g/mol. The van der Waals surface area contributed by atoms with Crippen molar-refractivity contribution in [3.63, 3.8) is 0 Å². The van der Waals surface area contributed by atoms with Crippen LogP contribution in [-0.2, 0) is 12.0 Å². The van der Waals surface area contributed by atoms with E-state index in [2.05, 4.69) is 10.1 Å². The topological polar surface area (TPSA) is 85.5 Å². The molecule has 21 heavy (non-hydrogen) atoms. The molecule has 1 heterocycles. The number of aromatic nitrogens is 2. The molecule has 1 N–H and O–H groups in total. The van der Waals surface area contributed by atoms with Gasteiger partial charge in [0.05, 0.1) is 0 Å². The number of ether oxygens (including phenoxy) is 1. The molecular weight excluding hydrogens is 272 g/mol. The fourth-order valence-corrected chi connectivity index (χ4v) is 1.77. The highest BCUT2D eigenvalue weighted by Crippen LogP contribution is 2.25. The summed E-state index contributed by atoms with van der Waals surface area (Å²) in [6, 6.07) is 4.97. The number of para-hydroxylation sites is 1. The van der Waals surface area contributed by atoms with Crippen molar-refractivity contribution in [2.24, 2.45) is 0 Å². The van der Waals surface area contributed by atoms with E-state index in [0.717, 1.165) is 5.56 Å². The molecule has 0 unspecified atom stereocenters. The summed E-state index contributed by atoms with van der Waals surface area (Å²) in [5.41, 5.74) is 0.629. The van der Waals surface area contributed by atoms with Crippen molar-refractivity contribution in [3.05, 3.63) is 41.0 Å².